The lowest BCUT2D eigenvalue weighted by atomic mass is 9.70. The van der Waals surface area contributed by atoms with E-state index >= 15 is 0 Å². The topological polar surface area (TPSA) is 107 Å². The summed E-state index contributed by atoms with van der Waals surface area (Å²) in [6, 6.07) is 2.55. The van der Waals surface area contributed by atoms with Gasteiger partial charge >= 0.3 is 0 Å². The van der Waals surface area contributed by atoms with Gasteiger partial charge in [0.1, 0.15) is 22.9 Å². The van der Waals surface area contributed by atoms with Crippen LogP contribution >= 0.6 is 0 Å². The van der Waals surface area contributed by atoms with Crippen molar-refractivity contribution in [2.75, 3.05) is 20.3 Å². The Kier molecular flexibility index (Phi) is 6.06. The number of nitrogens with one attached hydrogen (secondary N) is 1. The summed E-state index contributed by atoms with van der Waals surface area (Å²) in [6.07, 6.45) is 1.59. The van der Waals surface area contributed by atoms with Gasteiger partial charge < -0.3 is 24.5 Å². The number of hydrogen-bond donors (Lipinski definition) is 2. The molecule has 0 radical (unpaired) electrons. The minimum Gasteiger partial charge on any atom is -0.503 e. The van der Waals surface area contributed by atoms with Gasteiger partial charge in [0.05, 0.1) is 17.6 Å². The molecule has 0 saturated carbocycles. The molecule has 8 nitrogen and oxygen atoms in total. The van der Waals surface area contributed by atoms with Crippen molar-refractivity contribution >= 4 is 11.7 Å². The Morgan fingerprint density at radius 1 is 1.36 bits per heavy atom. The molecule has 2 aliphatic rings. The number of carbonyl (C=O) groups excluding carboxylic acids is 2. The van der Waals surface area contributed by atoms with E-state index in [-0.39, 0.29) is 23.8 Å². The molecule has 4 rings (SSSR count). The van der Waals surface area contributed by atoms with Crippen LogP contribution in [-0.2, 0) is 16.0 Å². The summed E-state index contributed by atoms with van der Waals surface area (Å²) < 4.78 is 39.4. The number of methoxy groups -OCH3 is 1. The number of pyridine rings is 1. The highest BCUT2D eigenvalue weighted by Gasteiger charge is 2.54. The molecule has 1 unspecified atom stereocenters. The normalized spacial score (nSPS) is 23.8. The lowest BCUT2D eigenvalue weighted by molar-refractivity contribution is -0.0222. The minimum absolute atomic E-state index is 0.0281. The number of aromatic nitrogens is 1. The fraction of sp³-hybridized carbons (Fsp3) is 0.435. The van der Waals surface area contributed by atoms with Crippen molar-refractivity contribution in [2.24, 2.45) is 5.41 Å². The van der Waals surface area contributed by atoms with E-state index < -0.39 is 51.6 Å². The Morgan fingerprint density at radius 3 is 2.82 bits per heavy atom. The lowest BCUT2D eigenvalue weighted by Crippen LogP contribution is -2.50. The number of ether oxygens (including phenoxy) is 2. The number of halogens is 2. The van der Waals surface area contributed by atoms with Crippen LogP contribution in [0.1, 0.15) is 52.2 Å². The summed E-state index contributed by atoms with van der Waals surface area (Å²) in [5, 5.41) is 13.1. The molecule has 2 N–H and O–H groups in total. The Labute approximate surface area is 188 Å². The zero-order valence-electron chi connectivity index (χ0n) is 18.2. The molecule has 1 amide bonds. The number of hydrogen-bond acceptors (Lipinski definition) is 6. The Morgan fingerprint density at radius 2 is 2.12 bits per heavy atom. The maximum absolute atomic E-state index is 13.9. The summed E-state index contributed by atoms with van der Waals surface area (Å²) in [4.78, 5) is 38.9. The summed E-state index contributed by atoms with van der Waals surface area (Å²) >= 11 is 0. The molecule has 33 heavy (non-hydrogen) atoms. The molecule has 3 heterocycles. The highest BCUT2D eigenvalue weighted by molar-refractivity contribution is 6.03. The van der Waals surface area contributed by atoms with Gasteiger partial charge in [-0.3, -0.25) is 14.4 Å². The lowest BCUT2D eigenvalue weighted by Gasteiger charge is -2.42. The fourth-order valence-electron chi connectivity index (χ4n) is 4.64. The predicted octanol–water partition coefficient (Wildman–Crippen LogP) is 2.33. The van der Waals surface area contributed by atoms with Gasteiger partial charge in [-0.2, -0.15) is 0 Å². The number of carbonyl (C=O) groups is 2. The highest BCUT2D eigenvalue weighted by Crippen LogP contribution is 2.48. The number of aromatic hydroxyl groups is 1. The molecule has 2 aliphatic heterocycles. The van der Waals surface area contributed by atoms with Crippen LogP contribution in [0.2, 0.25) is 0 Å². The van der Waals surface area contributed by atoms with Gasteiger partial charge in [-0.15, -0.1) is 0 Å². The van der Waals surface area contributed by atoms with Crippen molar-refractivity contribution in [1.29, 1.82) is 0 Å². The molecule has 3 atom stereocenters. The number of benzene rings is 1. The van der Waals surface area contributed by atoms with Gasteiger partial charge in [-0.25, -0.2) is 8.78 Å². The van der Waals surface area contributed by atoms with E-state index in [2.05, 4.69) is 5.32 Å². The van der Waals surface area contributed by atoms with Crippen molar-refractivity contribution in [2.45, 2.75) is 38.5 Å². The minimum atomic E-state index is -1.01. The number of Topliss-reactive ketones (excluding diaryl/α,β-unsaturated/α-hetero) is 1. The van der Waals surface area contributed by atoms with Crippen molar-refractivity contribution < 1.29 is 33.0 Å². The SMILES string of the molecule is COCCC1(C)C(=O)c2c(O)c(=O)c(C(=O)NCc3ccc(F)cc3F)cn2[C@H]2CCO[C@H]21. The average molecular weight is 462 g/mol. The first kappa shape index (κ1) is 23.1. The van der Waals surface area contributed by atoms with E-state index in [0.29, 0.717) is 32.1 Å². The molecule has 10 heteroatoms. The quantitative estimate of drug-likeness (QED) is 0.683. The monoisotopic (exact) mass is 462 g/mol. The molecule has 1 fully saturated rings. The third-order valence-electron chi connectivity index (χ3n) is 6.51. The van der Waals surface area contributed by atoms with Gasteiger partial charge in [-0.1, -0.05) is 6.07 Å². The molecule has 1 aromatic heterocycles. The molecule has 0 aliphatic carbocycles. The zero-order chi connectivity index (χ0) is 23.9. The second-order valence-electron chi connectivity index (χ2n) is 8.53. The van der Waals surface area contributed by atoms with Crippen LogP contribution in [0, 0.1) is 17.0 Å². The van der Waals surface area contributed by atoms with E-state index in [9.17, 15) is 28.3 Å². The van der Waals surface area contributed by atoms with Crippen LogP contribution in [0.3, 0.4) is 0 Å². The largest absolute Gasteiger partial charge is 0.503 e. The summed E-state index contributed by atoms with van der Waals surface area (Å²) in [7, 11) is 1.52. The number of amides is 1. The first-order chi connectivity index (χ1) is 15.7. The zero-order valence-corrected chi connectivity index (χ0v) is 18.2. The number of nitrogens with zero attached hydrogens (tertiary/aromatic N) is 1. The van der Waals surface area contributed by atoms with Crippen molar-refractivity contribution in [1.82, 2.24) is 9.88 Å². The first-order valence-corrected chi connectivity index (χ1v) is 10.5. The second kappa shape index (κ2) is 8.68. The van der Waals surface area contributed by atoms with E-state index in [1.165, 1.54) is 23.9 Å². The Bertz CT molecular complexity index is 1180. The molecular weight excluding hydrogens is 438 g/mol. The van der Waals surface area contributed by atoms with Crippen LogP contribution < -0.4 is 10.7 Å². The van der Waals surface area contributed by atoms with E-state index in [1.54, 1.807) is 6.92 Å². The molecule has 0 bridgehead atoms. The smallest absolute Gasteiger partial charge is 0.257 e. The third kappa shape index (κ3) is 3.83. The molecule has 1 saturated heterocycles. The van der Waals surface area contributed by atoms with Gasteiger partial charge in [-0.05, 0) is 25.8 Å². The van der Waals surface area contributed by atoms with Crippen molar-refractivity contribution in [3.63, 3.8) is 0 Å². The van der Waals surface area contributed by atoms with Crippen LogP contribution in [0.5, 0.6) is 5.75 Å². The van der Waals surface area contributed by atoms with E-state index in [0.717, 1.165) is 6.07 Å². The average Bonchev–Trinajstić information content (AvgIpc) is 3.28. The highest BCUT2D eigenvalue weighted by atomic mass is 19.1. The summed E-state index contributed by atoms with van der Waals surface area (Å²) in [5.74, 6) is -3.72. The van der Waals surface area contributed by atoms with Gasteiger partial charge in [0.15, 0.2) is 11.5 Å². The van der Waals surface area contributed by atoms with Crippen molar-refractivity contribution in [3.8, 4) is 5.75 Å². The Hall–Kier alpha value is -3.11. The Balaban J connectivity index is 1.69. The second-order valence-corrected chi connectivity index (χ2v) is 8.53. The van der Waals surface area contributed by atoms with E-state index in [4.69, 9.17) is 9.47 Å². The number of fused-ring (bicyclic) bond motifs is 3. The van der Waals surface area contributed by atoms with Gasteiger partial charge in [0.2, 0.25) is 5.43 Å². The van der Waals surface area contributed by atoms with Crippen molar-refractivity contribution in [3.05, 3.63) is 63.1 Å². The molecule has 176 valence electrons. The van der Waals surface area contributed by atoms with Crippen LogP contribution in [-0.4, -0.2) is 47.8 Å². The first-order valence-electron chi connectivity index (χ1n) is 10.5. The third-order valence-corrected chi connectivity index (χ3v) is 6.51. The molecule has 2 aromatic rings. The standard InChI is InChI=1S/C23H24F2N2O6/c1-23(6-8-32-2)20(30)17-19(29)18(28)14(11-27(17)16-5-7-33-21(16)23)22(31)26-10-12-3-4-13(24)9-15(12)25/h3-4,9,11,16,21,29H,5-8,10H2,1-2H3,(H,26,31)/t16-,21+,23?/m0/s1. The summed E-state index contributed by atoms with van der Waals surface area (Å²) in [6.45, 7) is 2.10. The predicted molar refractivity (Wildman–Crippen MR) is 112 cm³/mol. The molecule has 1 aromatic carbocycles. The van der Waals surface area contributed by atoms with Crippen LogP contribution in [0.25, 0.3) is 0 Å². The van der Waals surface area contributed by atoms with Gasteiger partial charge in [0.25, 0.3) is 5.91 Å². The van der Waals surface area contributed by atoms with E-state index in [1.807, 2.05) is 0 Å². The summed E-state index contributed by atoms with van der Waals surface area (Å²) in [5.41, 5.74) is -2.53. The number of ketones is 1. The van der Waals surface area contributed by atoms with Crippen LogP contribution in [0.15, 0.2) is 29.2 Å². The maximum Gasteiger partial charge on any atom is 0.257 e. The molecular formula is C23H24F2N2O6. The van der Waals surface area contributed by atoms with Gasteiger partial charge in [0, 0.05) is 44.7 Å². The number of rotatable bonds is 6. The van der Waals surface area contributed by atoms with Crippen LogP contribution in [0.4, 0.5) is 8.78 Å². The molecule has 0 spiro atoms. The fourth-order valence-corrected chi connectivity index (χ4v) is 4.64. The maximum atomic E-state index is 13.9.